The number of carbonyl (C=O) groups excluding carboxylic acids is 4. The van der Waals surface area contributed by atoms with Gasteiger partial charge >= 0.3 is 11.9 Å². The highest BCUT2D eigenvalue weighted by Crippen LogP contribution is 2.50. The van der Waals surface area contributed by atoms with E-state index in [9.17, 15) is 19.2 Å². The highest BCUT2D eigenvalue weighted by atomic mass is 17.2. The number of nitrogens with one attached hydrogen (secondary N) is 1. The van der Waals surface area contributed by atoms with Gasteiger partial charge in [-0.25, -0.2) is 14.2 Å². The van der Waals surface area contributed by atoms with Gasteiger partial charge in [-0.3, -0.25) is 19.5 Å². The van der Waals surface area contributed by atoms with Crippen molar-refractivity contribution >= 4 is 23.6 Å². The number of esters is 1. The molecule has 0 spiro atoms. The number of β-lactam (4-membered cyclic amide) rings is 1. The van der Waals surface area contributed by atoms with E-state index in [2.05, 4.69) is 18.1 Å². The largest absolute Gasteiger partial charge is 0.488 e. The molecule has 1 fully saturated rings. The third-order valence-electron chi connectivity index (χ3n) is 9.14. The molecule has 3 unspecified atom stereocenters. The Balaban J connectivity index is 0.000000943. The molecule has 2 aliphatic heterocycles. The standard InChI is InChI=1S/C35H33N3O8.C3H9NO/c1-5-14-43-35(42)31-26(20(3)30-28(33(40)38(30)31)21(4)34(41)46-45-15-6-2)18-44-27-9-7-8-24-29(27)23-11-10-22(16-25(23)32(24)39)17-37-13-12-36-19-37;4-2-1-3-5/h5-13,16,19-21,28,30H,1-2,14-15,17-18H2,3-4H3;5H,1-4H2/p+1/t20-,21?,28?,30?;/m0./s1. The van der Waals surface area contributed by atoms with Crippen LogP contribution in [-0.4, -0.2) is 77.6 Å². The van der Waals surface area contributed by atoms with Crippen LogP contribution in [0.4, 0.5) is 0 Å². The maximum atomic E-state index is 13.5. The number of amides is 1. The number of fused-ring (bicyclic) bond motifs is 4. The van der Waals surface area contributed by atoms with Gasteiger partial charge in [0.1, 0.15) is 50.2 Å². The molecule has 0 saturated carbocycles. The molecule has 3 heterocycles. The monoisotopic (exact) mass is 699 g/mol. The Labute approximate surface area is 295 Å². The number of hydrogen-bond acceptors (Lipinski definition) is 10. The van der Waals surface area contributed by atoms with Crippen LogP contribution in [0.15, 0.2) is 91.7 Å². The Morgan fingerprint density at radius 3 is 2.57 bits per heavy atom. The minimum absolute atomic E-state index is 0.0123. The molecule has 0 bridgehead atoms. The van der Waals surface area contributed by atoms with E-state index in [4.69, 9.17) is 30.1 Å². The summed E-state index contributed by atoms with van der Waals surface area (Å²) in [5.74, 6) is -3.29. The topological polar surface area (TPSA) is 174 Å². The van der Waals surface area contributed by atoms with E-state index in [0.717, 1.165) is 17.5 Å². The zero-order valence-electron chi connectivity index (χ0n) is 28.7. The fourth-order valence-corrected chi connectivity index (χ4v) is 6.64. The van der Waals surface area contributed by atoms with Gasteiger partial charge in [0.2, 0.25) is 12.2 Å². The van der Waals surface area contributed by atoms with Gasteiger partial charge in [-0.1, -0.05) is 56.8 Å². The first-order valence-electron chi connectivity index (χ1n) is 16.7. The fourth-order valence-electron chi connectivity index (χ4n) is 6.64. The third kappa shape index (κ3) is 7.41. The maximum absolute atomic E-state index is 13.5. The lowest BCUT2D eigenvalue weighted by molar-refractivity contribution is -0.687. The van der Waals surface area contributed by atoms with E-state index in [1.54, 1.807) is 25.1 Å². The summed E-state index contributed by atoms with van der Waals surface area (Å²) in [5.41, 5.74) is 9.18. The van der Waals surface area contributed by atoms with Gasteiger partial charge in [-0.05, 0) is 36.2 Å². The number of nitrogens with two attached hydrogens (primary N) is 1. The molecule has 1 aliphatic carbocycles. The first-order chi connectivity index (χ1) is 24.7. The van der Waals surface area contributed by atoms with Crippen molar-refractivity contribution in [1.82, 2.24) is 9.88 Å². The molecular formula is C38H43N4O9+. The fraction of sp³-hybridized carbons (Fsp3) is 0.342. The van der Waals surface area contributed by atoms with Crippen LogP contribution < -0.4 is 15.0 Å². The van der Waals surface area contributed by atoms with Crippen LogP contribution in [0.5, 0.6) is 5.75 Å². The smallest absolute Gasteiger partial charge is 0.355 e. The second-order valence-electron chi connectivity index (χ2n) is 12.4. The van der Waals surface area contributed by atoms with Crippen LogP contribution in [0.25, 0.3) is 11.1 Å². The minimum atomic E-state index is -0.827. The number of aromatic amines is 1. The summed E-state index contributed by atoms with van der Waals surface area (Å²) in [6.07, 6.45) is 9.19. The predicted molar refractivity (Wildman–Crippen MR) is 185 cm³/mol. The van der Waals surface area contributed by atoms with Gasteiger partial charge in [-0.2, -0.15) is 4.89 Å². The van der Waals surface area contributed by atoms with E-state index in [0.29, 0.717) is 41.1 Å². The Bertz CT molecular complexity index is 1830. The second kappa shape index (κ2) is 16.6. The van der Waals surface area contributed by atoms with E-state index in [1.807, 2.05) is 48.4 Å². The van der Waals surface area contributed by atoms with Crippen molar-refractivity contribution in [2.45, 2.75) is 32.9 Å². The molecule has 6 rings (SSSR count). The van der Waals surface area contributed by atoms with Gasteiger partial charge in [0.15, 0.2) is 5.78 Å². The quantitative estimate of drug-likeness (QED) is 0.0318. The number of ketones is 1. The second-order valence-corrected chi connectivity index (χ2v) is 12.4. The van der Waals surface area contributed by atoms with Crippen LogP contribution >= 0.6 is 0 Å². The number of aromatic nitrogens is 2. The highest BCUT2D eigenvalue weighted by molar-refractivity contribution is 6.22. The van der Waals surface area contributed by atoms with Crippen molar-refractivity contribution in [3.63, 3.8) is 0 Å². The van der Waals surface area contributed by atoms with E-state index < -0.39 is 29.8 Å². The van der Waals surface area contributed by atoms with Gasteiger partial charge in [-0.15, -0.1) is 6.58 Å². The summed E-state index contributed by atoms with van der Waals surface area (Å²) in [6.45, 7) is 11.9. The van der Waals surface area contributed by atoms with E-state index in [-0.39, 0.29) is 49.7 Å². The molecule has 4 N–H and O–H groups in total. The third-order valence-corrected chi connectivity index (χ3v) is 9.14. The molecule has 2 aromatic carbocycles. The normalized spacial score (nSPS) is 18.8. The average molecular weight is 700 g/mol. The SMILES string of the molecule is C=CCOOC(=O)C(C)C1C(=O)N2C(C(=O)OCC=C)=C(COc3cccc4c3-c3ccc(C[n+]5cc[nH]c5)cc3C4=O)[C@H](C)C12.NCCCO. The molecule has 3 aromatic rings. The molecule has 4 atom stereocenters. The zero-order valence-corrected chi connectivity index (χ0v) is 28.7. The lowest BCUT2D eigenvalue weighted by Gasteiger charge is -2.47. The van der Waals surface area contributed by atoms with Gasteiger partial charge in [0.25, 0.3) is 0 Å². The Hall–Kier alpha value is -5.37. The van der Waals surface area contributed by atoms with Crippen LogP contribution in [0.2, 0.25) is 0 Å². The molecule has 13 heteroatoms. The number of hydrogen-bond donors (Lipinski definition) is 3. The molecule has 268 valence electrons. The van der Waals surface area contributed by atoms with Gasteiger partial charge in [0.05, 0.1) is 17.9 Å². The highest BCUT2D eigenvalue weighted by Gasteiger charge is 2.61. The molecule has 51 heavy (non-hydrogen) atoms. The minimum Gasteiger partial charge on any atom is -0.488 e. The first-order valence-corrected chi connectivity index (χ1v) is 16.7. The predicted octanol–water partition coefficient (Wildman–Crippen LogP) is 3.03. The summed E-state index contributed by atoms with van der Waals surface area (Å²) < 4.78 is 13.7. The summed E-state index contributed by atoms with van der Waals surface area (Å²) >= 11 is 0. The van der Waals surface area contributed by atoms with E-state index in [1.165, 1.54) is 17.1 Å². The number of rotatable bonds is 15. The van der Waals surface area contributed by atoms with Crippen molar-refractivity contribution in [1.29, 1.82) is 0 Å². The van der Waals surface area contributed by atoms with Crippen LogP contribution in [0, 0.1) is 17.8 Å². The number of imidazole rings is 1. The van der Waals surface area contributed by atoms with Crippen molar-refractivity contribution in [3.05, 3.63) is 108 Å². The summed E-state index contributed by atoms with van der Waals surface area (Å²) in [6, 6.07) is 10.6. The van der Waals surface area contributed by atoms with Gasteiger partial charge < -0.3 is 25.2 Å². The first kappa shape index (κ1) is 36.9. The molecular weight excluding hydrogens is 656 g/mol. The molecule has 13 nitrogen and oxygen atoms in total. The maximum Gasteiger partial charge on any atom is 0.355 e. The molecule has 1 amide bonds. The average Bonchev–Trinajstić information content (AvgIpc) is 3.81. The molecule has 3 aliphatic rings. The van der Waals surface area contributed by atoms with Crippen LogP contribution in [0.3, 0.4) is 0 Å². The zero-order chi connectivity index (χ0) is 36.7. The lowest BCUT2D eigenvalue weighted by Crippen LogP contribution is -2.63. The number of nitrogens with zero attached hydrogens (tertiary/aromatic N) is 2. The van der Waals surface area contributed by atoms with Crippen molar-refractivity contribution in [3.8, 4) is 16.9 Å². The number of carbonyl (C=O) groups is 4. The van der Waals surface area contributed by atoms with Crippen molar-refractivity contribution in [2.75, 3.05) is 33.0 Å². The number of H-pyrrole nitrogens is 1. The summed E-state index contributed by atoms with van der Waals surface area (Å²) in [7, 11) is 0. The lowest BCUT2D eigenvalue weighted by atomic mass is 9.74. The Morgan fingerprint density at radius 1 is 1.12 bits per heavy atom. The number of aliphatic hydroxyl groups excluding tert-OH is 1. The summed E-state index contributed by atoms with van der Waals surface area (Å²) in [5, 5.41) is 7.99. The Kier molecular flexibility index (Phi) is 12.0. The summed E-state index contributed by atoms with van der Waals surface area (Å²) in [4.78, 5) is 67.0. The molecule has 0 radical (unpaired) electrons. The number of aliphatic hydroxyl groups is 1. The number of benzene rings is 2. The van der Waals surface area contributed by atoms with Gasteiger partial charge in [0, 0.05) is 34.8 Å². The van der Waals surface area contributed by atoms with Crippen molar-refractivity contribution in [2.24, 2.45) is 23.5 Å². The number of ether oxygens (including phenoxy) is 2. The van der Waals surface area contributed by atoms with E-state index >= 15 is 0 Å². The molecule has 1 saturated heterocycles. The van der Waals surface area contributed by atoms with Crippen LogP contribution in [0.1, 0.15) is 41.8 Å². The molecule has 1 aromatic heterocycles. The Morgan fingerprint density at radius 2 is 1.90 bits per heavy atom. The van der Waals surface area contributed by atoms with Crippen molar-refractivity contribution < 1.29 is 48.1 Å². The van der Waals surface area contributed by atoms with Crippen LogP contribution in [-0.2, 0) is 35.4 Å².